The maximum Gasteiger partial charge on any atom is 0.573 e. The van der Waals surface area contributed by atoms with Crippen LogP contribution in [0.2, 0.25) is 5.02 Å². The first-order chi connectivity index (χ1) is 9.37. The summed E-state index contributed by atoms with van der Waals surface area (Å²) in [5.41, 5.74) is 6.95. The Kier molecular flexibility index (Phi) is 6.63. The number of nitrogens with two attached hydrogens (primary N) is 1. The van der Waals surface area contributed by atoms with Gasteiger partial charge < -0.3 is 10.5 Å². The highest BCUT2D eigenvalue weighted by Gasteiger charge is 2.32. The lowest BCUT2D eigenvalue weighted by Gasteiger charge is -2.28. The highest BCUT2D eigenvalue weighted by molar-refractivity contribution is 6.32. The van der Waals surface area contributed by atoms with Crippen LogP contribution in [0.1, 0.15) is 43.7 Å². The molecule has 2 nitrogen and oxygen atoms in total. The van der Waals surface area contributed by atoms with Gasteiger partial charge in [-0.15, -0.1) is 25.6 Å². The number of halogens is 5. The third-order valence-electron chi connectivity index (χ3n) is 3.72. The molecule has 1 atom stereocenters. The van der Waals surface area contributed by atoms with E-state index in [1.54, 1.807) is 6.07 Å². The fraction of sp³-hybridized carbons (Fsp3) is 0.571. The zero-order valence-electron chi connectivity index (χ0n) is 11.3. The van der Waals surface area contributed by atoms with E-state index >= 15 is 0 Å². The summed E-state index contributed by atoms with van der Waals surface area (Å²) in [6, 6.07) is 4.08. The number of ether oxygens (including phenoxy) is 1. The fourth-order valence-corrected chi connectivity index (χ4v) is 2.92. The van der Waals surface area contributed by atoms with Crippen LogP contribution in [0, 0.1) is 5.92 Å². The molecule has 0 bridgehead atoms. The second-order valence-corrected chi connectivity index (χ2v) is 5.57. The van der Waals surface area contributed by atoms with E-state index in [0.717, 1.165) is 31.2 Å². The Labute approximate surface area is 133 Å². The van der Waals surface area contributed by atoms with Crippen molar-refractivity contribution in [2.45, 2.75) is 44.5 Å². The van der Waals surface area contributed by atoms with E-state index in [2.05, 4.69) is 4.74 Å². The molecule has 7 heteroatoms. The topological polar surface area (TPSA) is 35.2 Å². The number of alkyl halides is 3. The Bertz CT molecular complexity index is 462. The molecule has 2 rings (SSSR count). The molecule has 0 spiro atoms. The second-order valence-electron chi connectivity index (χ2n) is 5.16. The SMILES string of the molecule is Cl.N[C@H](c1ccc(OC(F)(F)F)c(Cl)c1)C1CCCCC1. The van der Waals surface area contributed by atoms with Crippen molar-refractivity contribution in [3.63, 3.8) is 0 Å². The average molecular weight is 344 g/mol. The van der Waals surface area contributed by atoms with Crippen molar-refractivity contribution >= 4 is 24.0 Å². The van der Waals surface area contributed by atoms with Gasteiger partial charge in [0.15, 0.2) is 0 Å². The molecule has 21 heavy (non-hydrogen) atoms. The van der Waals surface area contributed by atoms with Crippen molar-refractivity contribution in [2.24, 2.45) is 11.7 Å². The van der Waals surface area contributed by atoms with Gasteiger partial charge in [-0.2, -0.15) is 0 Å². The van der Waals surface area contributed by atoms with Crippen LogP contribution in [-0.2, 0) is 0 Å². The molecule has 1 saturated carbocycles. The monoisotopic (exact) mass is 343 g/mol. The van der Waals surface area contributed by atoms with Gasteiger partial charge in [0, 0.05) is 6.04 Å². The van der Waals surface area contributed by atoms with Crippen molar-refractivity contribution in [3.05, 3.63) is 28.8 Å². The standard InChI is InChI=1S/C14H17ClF3NO.ClH/c15-11-8-10(6-7-12(11)20-14(16,17)18)13(19)9-4-2-1-3-5-9;/h6-9,13H,1-5,19H2;1H/t13-;/m0./s1. The summed E-state index contributed by atoms with van der Waals surface area (Å²) in [5, 5.41) is -0.0638. The van der Waals surface area contributed by atoms with Crippen LogP contribution in [0.3, 0.4) is 0 Å². The van der Waals surface area contributed by atoms with Crippen molar-refractivity contribution in [1.82, 2.24) is 0 Å². The summed E-state index contributed by atoms with van der Waals surface area (Å²) in [4.78, 5) is 0. The van der Waals surface area contributed by atoms with E-state index in [1.165, 1.54) is 18.6 Å². The third-order valence-corrected chi connectivity index (χ3v) is 4.02. The van der Waals surface area contributed by atoms with Crippen LogP contribution in [0.5, 0.6) is 5.75 Å². The summed E-state index contributed by atoms with van der Waals surface area (Å²) in [6.45, 7) is 0. The van der Waals surface area contributed by atoms with Crippen molar-refractivity contribution < 1.29 is 17.9 Å². The zero-order chi connectivity index (χ0) is 14.8. The van der Waals surface area contributed by atoms with Gasteiger partial charge in [-0.05, 0) is 36.5 Å². The molecule has 1 aromatic carbocycles. The Morgan fingerprint density at radius 2 is 1.81 bits per heavy atom. The smallest absolute Gasteiger partial charge is 0.404 e. The average Bonchev–Trinajstić information content (AvgIpc) is 2.40. The van der Waals surface area contributed by atoms with Gasteiger partial charge in [-0.3, -0.25) is 0 Å². The molecule has 120 valence electrons. The molecule has 0 amide bonds. The summed E-state index contributed by atoms with van der Waals surface area (Å²) in [6.07, 6.45) is 0.904. The second kappa shape index (κ2) is 7.56. The molecule has 0 aromatic heterocycles. The molecular formula is C14H18Cl2F3NO. The van der Waals surface area contributed by atoms with Crippen LogP contribution in [0.15, 0.2) is 18.2 Å². The van der Waals surface area contributed by atoms with Gasteiger partial charge in [0.2, 0.25) is 0 Å². The van der Waals surface area contributed by atoms with Gasteiger partial charge in [-0.1, -0.05) is 36.9 Å². The summed E-state index contributed by atoms with van der Waals surface area (Å²) in [5.74, 6) is -0.0204. The quantitative estimate of drug-likeness (QED) is 0.814. The number of rotatable bonds is 3. The van der Waals surface area contributed by atoms with Crippen LogP contribution >= 0.6 is 24.0 Å². The number of hydrogen-bond acceptors (Lipinski definition) is 2. The Hall–Kier alpha value is -0.650. The lowest BCUT2D eigenvalue weighted by molar-refractivity contribution is -0.274. The van der Waals surface area contributed by atoms with Crippen LogP contribution in [-0.4, -0.2) is 6.36 Å². The van der Waals surface area contributed by atoms with E-state index in [0.29, 0.717) is 5.92 Å². The van der Waals surface area contributed by atoms with Gasteiger partial charge in [0.1, 0.15) is 5.75 Å². The predicted octanol–water partition coefficient (Wildman–Crippen LogP) is 5.24. The normalized spacial score (nSPS) is 18.0. The lowest BCUT2D eigenvalue weighted by Crippen LogP contribution is -2.23. The Morgan fingerprint density at radius 3 is 2.33 bits per heavy atom. The first kappa shape index (κ1) is 18.4. The van der Waals surface area contributed by atoms with E-state index in [-0.39, 0.29) is 23.5 Å². The number of hydrogen-bond donors (Lipinski definition) is 1. The molecule has 2 N–H and O–H groups in total. The summed E-state index contributed by atoms with van der Waals surface area (Å²) >= 11 is 5.84. The van der Waals surface area contributed by atoms with Crippen LogP contribution < -0.4 is 10.5 Å². The van der Waals surface area contributed by atoms with Gasteiger partial charge in [0.25, 0.3) is 0 Å². The Balaban J connectivity index is 0.00000220. The van der Waals surface area contributed by atoms with Gasteiger partial charge in [0.05, 0.1) is 5.02 Å². The molecule has 0 unspecified atom stereocenters. The Morgan fingerprint density at radius 1 is 1.19 bits per heavy atom. The maximum absolute atomic E-state index is 12.2. The van der Waals surface area contributed by atoms with E-state index < -0.39 is 12.1 Å². The molecule has 1 aliphatic rings. The molecule has 1 aromatic rings. The van der Waals surface area contributed by atoms with E-state index in [4.69, 9.17) is 17.3 Å². The van der Waals surface area contributed by atoms with Crippen molar-refractivity contribution in [2.75, 3.05) is 0 Å². The van der Waals surface area contributed by atoms with Gasteiger partial charge >= 0.3 is 6.36 Å². The number of benzene rings is 1. The minimum absolute atomic E-state index is 0. The molecule has 0 heterocycles. The van der Waals surface area contributed by atoms with Gasteiger partial charge in [-0.25, -0.2) is 0 Å². The summed E-state index contributed by atoms with van der Waals surface area (Å²) in [7, 11) is 0. The minimum Gasteiger partial charge on any atom is -0.404 e. The first-order valence-corrected chi connectivity index (χ1v) is 7.05. The van der Waals surface area contributed by atoms with Crippen LogP contribution in [0.4, 0.5) is 13.2 Å². The van der Waals surface area contributed by atoms with Crippen LogP contribution in [0.25, 0.3) is 0 Å². The maximum atomic E-state index is 12.2. The van der Waals surface area contributed by atoms with E-state index in [1.807, 2.05) is 0 Å². The third kappa shape index (κ3) is 5.24. The highest BCUT2D eigenvalue weighted by atomic mass is 35.5. The molecule has 1 aliphatic carbocycles. The highest BCUT2D eigenvalue weighted by Crippen LogP contribution is 2.36. The molecule has 1 fully saturated rings. The largest absolute Gasteiger partial charge is 0.573 e. The van der Waals surface area contributed by atoms with Crippen molar-refractivity contribution in [3.8, 4) is 5.75 Å². The van der Waals surface area contributed by atoms with Crippen molar-refractivity contribution in [1.29, 1.82) is 0 Å². The molecule has 0 saturated heterocycles. The minimum atomic E-state index is -4.74. The molecular weight excluding hydrogens is 326 g/mol. The molecule has 0 aliphatic heterocycles. The zero-order valence-corrected chi connectivity index (χ0v) is 12.9. The van der Waals surface area contributed by atoms with E-state index in [9.17, 15) is 13.2 Å². The fourth-order valence-electron chi connectivity index (χ4n) is 2.70. The first-order valence-electron chi connectivity index (χ1n) is 6.67. The molecule has 0 radical (unpaired) electrons. The lowest BCUT2D eigenvalue weighted by atomic mass is 9.81. The summed E-state index contributed by atoms with van der Waals surface area (Å²) < 4.78 is 40.3. The predicted molar refractivity (Wildman–Crippen MR) is 78.9 cm³/mol.